The molecule has 0 radical (unpaired) electrons. The summed E-state index contributed by atoms with van der Waals surface area (Å²) in [6, 6.07) is 4.48. The van der Waals surface area contributed by atoms with Gasteiger partial charge in [-0.05, 0) is 25.8 Å². The van der Waals surface area contributed by atoms with E-state index in [9.17, 15) is 0 Å². The molecular formula is C16H22N4OS. The van der Waals surface area contributed by atoms with Crippen LogP contribution in [0.1, 0.15) is 25.5 Å². The fraction of sp³-hybridized carbons (Fsp3) is 0.500. The summed E-state index contributed by atoms with van der Waals surface area (Å²) in [6.45, 7) is 5.81. The highest BCUT2D eigenvalue weighted by Crippen LogP contribution is 2.19. The van der Waals surface area contributed by atoms with Gasteiger partial charge in [0.2, 0.25) is 5.88 Å². The van der Waals surface area contributed by atoms with E-state index in [1.54, 1.807) is 11.3 Å². The highest BCUT2D eigenvalue weighted by atomic mass is 32.1. The molecule has 1 saturated heterocycles. The molecule has 3 heterocycles. The number of pyridine rings is 1. The SMILES string of the molecule is CCOc1ccc(NC2CCN(Cc3cscn3)CC2)cn1. The minimum absolute atomic E-state index is 0.520. The van der Waals surface area contributed by atoms with Crippen LogP contribution >= 0.6 is 11.3 Å². The van der Waals surface area contributed by atoms with Crippen molar-refractivity contribution in [3.05, 3.63) is 34.9 Å². The van der Waals surface area contributed by atoms with Gasteiger partial charge in [0.05, 0.1) is 29.7 Å². The number of piperidine rings is 1. The van der Waals surface area contributed by atoms with Gasteiger partial charge in [0.15, 0.2) is 0 Å². The molecule has 2 aromatic rings. The molecule has 3 rings (SSSR count). The molecule has 0 amide bonds. The summed E-state index contributed by atoms with van der Waals surface area (Å²) in [6.07, 6.45) is 4.15. The van der Waals surface area contributed by atoms with Gasteiger partial charge >= 0.3 is 0 Å². The smallest absolute Gasteiger partial charge is 0.213 e. The molecule has 6 heteroatoms. The van der Waals surface area contributed by atoms with Gasteiger partial charge in [-0.1, -0.05) is 0 Å². The lowest BCUT2D eigenvalue weighted by atomic mass is 10.0. The van der Waals surface area contributed by atoms with Crippen molar-refractivity contribution in [1.29, 1.82) is 0 Å². The molecule has 0 bridgehead atoms. The van der Waals surface area contributed by atoms with Crippen molar-refractivity contribution < 1.29 is 4.74 Å². The second-order valence-electron chi connectivity index (χ2n) is 5.49. The standard InChI is InChI=1S/C16H22N4OS/c1-2-21-16-4-3-14(9-17-16)19-13-5-7-20(8-6-13)10-15-11-22-12-18-15/h3-4,9,11-13,19H,2,5-8,10H2,1H3. The van der Waals surface area contributed by atoms with E-state index in [0.29, 0.717) is 18.5 Å². The zero-order chi connectivity index (χ0) is 15.2. The second-order valence-corrected chi connectivity index (χ2v) is 6.21. The fourth-order valence-corrected chi connectivity index (χ4v) is 3.26. The summed E-state index contributed by atoms with van der Waals surface area (Å²) in [5.41, 5.74) is 4.16. The van der Waals surface area contributed by atoms with Crippen molar-refractivity contribution in [2.75, 3.05) is 25.0 Å². The van der Waals surface area contributed by atoms with Gasteiger partial charge in [-0.3, -0.25) is 4.90 Å². The quantitative estimate of drug-likeness (QED) is 0.887. The number of hydrogen-bond acceptors (Lipinski definition) is 6. The van der Waals surface area contributed by atoms with E-state index in [1.807, 2.05) is 30.8 Å². The molecule has 1 aliphatic rings. The van der Waals surface area contributed by atoms with Crippen molar-refractivity contribution in [3.63, 3.8) is 0 Å². The summed E-state index contributed by atoms with van der Waals surface area (Å²) < 4.78 is 5.36. The Morgan fingerprint density at radius 3 is 2.82 bits per heavy atom. The molecule has 22 heavy (non-hydrogen) atoms. The number of nitrogens with one attached hydrogen (secondary N) is 1. The molecule has 0 unspecified atom stereocenters. The number of nitrogens with zero attached hydrogens (tertiary/aromatic N) is 3. The maximum Gasteiger partial charge on any atom is 0.213 e. The molecule has 0 aromatic carbocycles. The molecule has 0 atom stereocenters. The lowest BCUT2D eigenvalue weighted by Crippen LogP contribution is -2.38. The van der Waals surface area contributed by atoms with Crippen LogP contribution in [-0.2, 0) is 6.54 Å². The Balaban J connectivity index is 1.45. The van der Waals surface area contributed by atoms with E-state index in [4.69, 9.17) is 4.74 Å². The van der Waals surface area contributed by atoms with E-state index in [1.165, 1.54) is 5.69 Å². The van der Waals surface area contributed by atoms with Crippen LogP contribution in [0.25, 0.3) is 0 Å². The first-order valence-corrected chi connectivity index (χ1v) is 8.72. The molecule has 1 aliphatic heterocycles. The fourth-order valence-electron chi connectivity index (χ4n) is 2.71. The molecule has 0 saturated carbocycles. The Hall–Kier alpha value is -1.66. The Kier molecular flexibility index (Phi) is 5.24. The van der Waals surface area contributed by atoms with Gasteiger partial charge < -0.3 is 10.1 Å². The number of ether oxygens (including phenoxy) is 1. The van der Waals surface area contributed by atoms with Crippen LogP contribution in [0, 0.1) is 0 Å². The van der Waals surface area contributed by atoms with Crippen LogP contribution in [-0.4, -0.2) is 40.6 Å². The number of aromatic nitrogens is 2. The summed E-state index contributed by atoms with van der Waals surface area (Å²) in [7, 11) is 0. The van der Waals surface area contributed by atoms with E-state index >= 15 is 0 Å². The summed E-state index contributed by atoms with van der Waals surface area (Å²) >= 11 is 1.67. The van der Waals surface area contributed by atoms with E-state index in [2.05, 4.69) is 25.6 Å². The summed E-state index contributed by atoms with van der Waals surface area (Å²) in [5, 5.41) is 5.71. The number of likely N-dealkylation sites (tertiary alicyclic amines) is 1. The molecular weight excluding hydrogens is 296 g/mol. The highest BCUT2D eigenvalue weighted by Gasteiger charge is 2.19. The van der Waals surface area contributed by atoms with Gasteiger partial charge in [0.25, 0.3) is 0 Å². The van der Waals surface area contributed by atoms with Crippen LogP contribution in [0.3, 0.4) is 0 Å². The normalized spacial score (nSPS) is 16.6. The van der Waals surface area contributed by atoms with Crippen LogP contribution in [0.4, 0.5) is 5.69 Å². The lowest BCUT2D eigenvalue weighted by molar-refractivity contribution is 0.209. The zero-order valence-electron chi connectivity index (χ0n) is 12.9. The average Bonchev–Trinajstić information content (AvgIpc) is 3.04. The predicted octanol–water partition coefficient (Wildman–Crippen LogP) is 3.01. The van der Waals surface area contributed by atoms with Gasteiger partial charge in [0.1, 0.15) is 0 Å². The lowest BCUT2D eigenvalue weighted by Gasteiger charge is -2.32. The largest absolute Gasteiger partial charge is 0.478 e. The minimum Gasteiger partial charge on any atom is -0.478 e. The zero-order valence-corrected chi connectivity index (χ0v) is 13.7. The Labute approximate surface area is 135 Å². The Morgan fingerprint density at radius 2 is 2.18 bits per heavy atom. The number of rotatable bonds is 6. The minimum atomic E-state index is 0.520. The average molecular weight is 318 g/mol. The van der Waals surface area contributed by atoms with Gasteiger partial charge in [-0.25, -0.2) is 9.97 Å². The first kappa shape index (κ1) is 15.2. The van der Waals surface area contributed by atoms with E-state index in [0.717, 1.165) is 38.2 Å². The van der Waals surface area contributed by atoms with Crippen LogP contribution in [0.5, 0.6) is 5.88 Å². The van der Waals surface area contributed by atoms with Crippen LogP contribution in [0.15, 0.2) is 29.2 Å². The van der Waals surface area contributed by atoms with E-state index < -0.39 is 0 Å². The third kappa shape index (κ3) is 4.18. The Bertz CT molecular complexity index is 550. The molecule has 1 N–H and O–H groups in total. The first-order chi connectivity index (χ1) is 10.8. The monoisotopic (exact) mass is 318 g/mol. The molecule has 5 nitrogen and oxygen atoms in total. The topological polar surface area (TPSA) is 50.3 Å². The van der Waals surface area contributed by atoms with Gasteiger partial charge in [0, 0.05) is 37.1 Å². The number of hydrogen-bond donors (Lipinski definition) is 1. The Morgan fingerprint density at radius 1 is 1.32 bits per heavy atom. The van der Waals surface area contributed by atoms with Crippen molar-refractivity contribution in [1.82, 2.24) is 14.9 Å². The number of thiazole rings is 1. The van der Waals surface area contributed by atoms with Crippen molar-refractivity contribution in [3.8, 4) is 5.88 Å². The molecule has 0 spiro atoms. The highest BCUT2D eigenvalue weighted by molar-refractivity contribution is 7.07. The van der Waals surface area contributed by atoms with Crippen molar-refractivity contribution in [2.45, 2.75) is 32.4 Å². The van der Waals surface area contributed by atoms with E-state index in [-0.39, 0.29) is 0 Å². The molecule has 0 aliphatic carbocycles. The maximum absolute atomic E-state index is 5.36. The van der Waals surface area contributed by atoms with Crippen molar-refractivity contribution in [2.24, 2.45) is 0 Å². The molecule has 1 fully saturated rings. The molecule has 118 valence electrons. The first-order valence-electron chi connectivity index (χ1n) is 7.78. The van der Waals surface area contributed by atoms with Crippen LogP contribution < -0.4 is 10.1 Å². The maximum atomic E-state index is 5.36. The third-order valence-electron chi connectivity index (χ3n) is 3.86. The van der Waals surface area contributed by atoms with Crippen LogP contribution in [0.2, 0.25) is 0 Å². The summed E-state index contributed by atoms with van der Waals surface area (Å²) in [4.78, 5) is 11.1. The van der Waals surface area contributed by atoms with Gasteiger partial charge in [-0.2, -0.15) is 0 Å². The number of anilines is 1. The summed E-state index contributed by atoms with van der Waals surface area (Å²) in [5.74, 6) is 0.686. The third-order valence-corrected chi connectivity index (χ3v) is 4.49. The predicted molar refractivity (Wildman–Crippen MR) is 89.4 cm³/mol. The molecule has 2 aromatic heterocycles. The second kappa shape index (κ2) is 7.56. The van der Waals surface area contributed by atoms with Crippen molar-refractivity contribution >= 4 is 17.0 Å². The van der Waals surface area contributed by atoms with Gasteiger partial charge in [-0.15, -0.1) is 11.3 Å².